The van der Waals surface area contributed by atoms with Crippen LogP contribution in [-0.2, 0) is 16.0 Å². The molecular formula is C16H23NO4. The van der Waals surface area contributed by atoms with E-state index in [0.29, 0.717) is 12.8 Å². The van der Waals surface area contributed by atoms with Gasteiger partial charge in [0, 0.05) is 19.5 Å². The third kappa shape index (κ3) is 5.95. The van der Waals surface area contributed by atoms with Crippen molar-refractivity contribution < 1.29 is 19.8 Å². The molecule has 0 radical (unpaired) electrons. The molecule has 0 heterocycles. The Kier molecular flexibility index (Phi) is 6.88. The summed E-state index contributed by atoms with van der Waals surface area (Å²) in [6.07, 6.45) is 0.928. The summed E-state index contributed by atoms with van der Waals surface area (Å²) in [7, 11) is 0. The van der Waals surface area contributed by atoms with Crippen molar-refractivity contribution in [2.24, 2.45) is 5.92 Å². The van der Waals surface area contributed by atoms with Gasteiger partial charge in [-0.3, -0.25) is 9.59 Å². The van der Waals surface area contributed by atoms with Crippen LogP contribution < -0.4 is 0 Å². The van der Waals surface area contributed by atoms with Crippen LogP contribution >= 0.6 is 0 Å². The first kappa shape index (κ1) is 17.2. The summed E-state index contributed by atoms with van der Waals surface area (Å²) in [6.45, 7) is 3.70. The zero-order valence-corrected chi connectivity index (χ0v) is 12.6. The number of aliphatic carboxylic acids is 1. The predicted octanol–water partition coefficient (Wildman–Crippen LogP) is 1.47. The Bertz CT molecular complexity index is 470. The van der Waals surface area contributed by atoms with E-state index in [1.165, 1.54) is 10.5 Å². The highest BCUT2D eigenvalue weighted by Crippen LogP contribution is 2.09. The summed E-state index contributed by atoms with van der Waals surface area (Å²) in [6, 6.07) is 7.97. The summed E-state index contributed by atoms with van der Waals surface area (Å²) in [5, 5.41) is 17.9. The van der Waals surface area contributed by atoms with E-state index in [4.69, 9.17) is 10.2 Å². The highest BCUT2D eigenvalue weighted by Gasteiger charge is 2.19. The number of aryl methyl sites for hydroxylation is 2. The number of aliphatic hydroxyl groups excluding tert-OH is 1. The number of carboxylic acid groups (broad SMARTS) is 1. The lowest BCUT2D eigenvalue weighted by atomic mass is 10.1. The second-order valence-corrected chi connectivity index (χ2v) is 5.29. The number of carbonyl (C=O) groups is 2. The van der Waals surface area contributed by atoms with Gasteiger partial charge in [-0.2, -0.15) is 0 Å². The summed E-state index contributed by atoms with van der Waals surface area (Å²) in [5.74, 6) is -1.71. The summed E-state index contributed by atoms with van der Waals surface area (Å²) < 4.78 is 0. The first-order valence-electron chi connectivity index (χ1n) is 7.11. The van der Waals surface area contributed by atoms with Gasteiger partial charge >= 0.3 is 5.97 Å². The third-order valence-corrected chi connectivity index (χ3v) is 3.39. The zero-order chi connectivity index (χ0) is 15.8. The van der Waals surface area contributed by atoms with Gasteiger partial charge in [0.2, 0.25) is 5.91 Å². The molecule has 1 unspecified atom stereocenters. The van der Waals surface area contributed by atoms with E-state index in [1.54, 1.807) is 6.92 Å². The topological polar surface area (TPSA) is 77.8 Å². The lowest BCUT2D eigenvalue weighted by Gasteiger charge is -2.23. The van der Waals surface area contributed by atoms with Gasteiger partial charge in [-0.05, 0) is 18.9 Å². The van der Waals surface area contributed by atoms with Crippen molar-refractivity contribution in [3.63, 3.8) is 0 Å². The molecule has 0 bridgehead atoms. The molecule has 0 aliphatic rings. The van der Waals surface area contributed by atoms with Crippen LogP contribution in [0.15, 0.2) is 24.3 Å². The molecule has 2 N–H and O–H groups in total. The highest BCUT2D eigenvalue weighted by atomic mass is 16.4. The molecule has 0 aromatic heterocycles. The lowest BCUT2D eigenvalue weighted by Crippen LogP contribution is -2.38. The van der Waals surface area contributed by atoms with E-state index < -0.39 is 11.9 Å². The quantitative estimate of drug-likeness (QED) is 0.761. The highest BCUT2D eigenvalue weighted by molar-refractivity contribution is 5.77. The number of hydrogen-bond acceptors (Lipinski definition) is 3. The van der Waals surface area contributed by atoms with Gasteiger partial charge in [-0.1, -0.05) is 36.8 Å². The Hall–Kier alpha value is -1.88. The van der Waals surface area contributed by atoms with Crippen LogP contribution in [0.2, 0.25) is 0 Å². The maximum absolute atomic E-state index is 12.2. The average Bonchev–Trinajstić information content (AvgIpc) is 2.45. The van der Waals surface area contributed by atoms with Gasteiger partial charge in [0.25, 0.3) is 0 Å². The molecule has 5 heteroatoms. The monoisotopic (exact) mass is 293 g/mol. The Labute approximate surface area is 125 Å². The van der Waals surface area contributed by atoms with Crippen LogP contribution in [0.4, 0.5) is 0 Å². The number of benzene rings is 1. The molecule has 21 heavy (non-hydrogen) atoms. The smallest absolute Gasteiger partial charge is 0.308 e. The lowest BCUT2D eigenvalue weighted by molar-refractivity contribution is -0.143. The van der Waals surface area contributed by atoms with Crippen molar-refractivity contribution in [3.05, 3.63) is 35.4 Å². The predicted molar refractivity (Wildman–Crippen MR) is 80.0 cm³/mol. The van der Waals surface area contributed by atoms with Gasteiger partial charge in [-0.25, -0.2) is 0 Å². The first-order valence-corrected chi connectivity index (χ1v) is 7.11. The molecule has 116 valence electrons. The second-order valence-electron chi connectivity index (χ2n) is 5.29. The minimum absolute atomic E-state index is 0.127. The number of carbonyl (C=O) groups excluding carboxylic acids is 1. The minimum atomic E-state index is -0.940. The Morgan fingerprint density at radius 1 is 1.24 bits per heavy atom. The summed E-state index contributed by atoms with van der Waals surface area (Å²) in [5.41, 5.74) is 2.24. The molecule has 1 rings (SSSR count). The van der Waals surface area contributed by atoms with E-state index in [-0.39, 0.29) is 25.6 Å². The molecule has 0 aliphatic carbocycles. The van der Waals surface area contributed by atoms with E-state index >= 15 is 0 Å². The second kappa shape index (κ2) is 8.42. The molecule has 0 fully saturated rings. The van der Waals surface area contributed by atoms with E-state index in [2.05, 4.69) is 0 Å². The summed E-state index contributed by atoms with van der Waals surface area (Å²) in [4.78, 5) is 24.4. The van der Waals surface area contributed by atoms with Crippen LogP contribution in [0.25, 0.3) is 0 Å². The fraction of sp³-hybridized carbons (Fsp3) is 0.500. The van der Waals surface area contributed by atoms with Crippen molar-refractivity contribution in [1.82, 2.24) is 4.90 Å². The van der Waals surface area contributed by atoms with Gasteiger partial charge in [0.1, 0.15) is 0 Å². The van der Waals surface area contributed by atoms with Gasteiger partial charge in [0.15, 0.2) is 0 Å². The van der Waals surface area contributed by atoms with Crippen LogP contribution in [0, 0.1) is 12.8 Å². The Morgan fingerprint density at radius 3 is 2.38 bits per heavy atom. The van der Waals surface area contributed by atoms with E-state index in [1.807, 2.05) is 31.2 Å². The van der Waals surface area contributed by atoms with Crippen molar-refractivity contribution >= 4 is 11.9 Å². The van der Waals surface area contributed by atoms with Crippen LogP contribution in [0.3, 0.4) is 0 Å². The number of aliphatic hydroxyl groups is 1. The zero-order valence-electron chi connectivity index (χ0n) is 12.6. The van der Waals surface area contributed by atoms with Crippen molar-refractivity contribution in [3.8, 4) is 0 Å². The number of nitrogens with zero attached hydrogens (tertiary/aromatic N) is 1. The number of amides is 1. The molecule has 1 amide bonds. The molecule has 1 aromatic rings. The van der Waals surface area contributed by atoms with E-state index in [0.717, 1.165) is 5.56 Å². The van der Waals surface area contributed by atoms with Crippen molar-refractivity contribution in [2.45, 2.75) is 26.7 Å². The third-order valence-electron chi connectivity index (χ3n) is 3.39. The maximum Gasteiger partial charge on any atom is 0.308 e. The maximum atomic E-state index is 12.2. The normalized spacial score (nSPS) is 12.0. The molecule has 0 spiro atoms. The molecular weight excluding hydrogens is 270 g/mol. The summed E-state index contributed by atoms with van der Waals surface area (Å²) >= 11 is 0. The molecule has 5 nitrogen and oxygen atoms in total. The average molecular weight is 293 g/mol. The van der Waals surface area contributed by atoms with Crippen LogP contribution in [-0.4, -0.2) is 46.7 Å². The molecule has 1 atom stereocenters. The van der Waals surface area contributed by atoms with Gasteiger partial charge in [-0.15, -0.1) is 0 Å². The van der Waals surface area contributed by atoms with Gasteiger partial charge in [0.05, 0.1) is 12.5 Å². The fourth-order valence-corrected chi connectivity index (χ4v) is 2.01. The molecule has 0 aliphatic heterocycles. The van der Waals surface area contributed by atoms with Crippen molar-refractivity contribution in [1.29, 1.82) is 0 Å². The van der Waals surface area contributed by atoms with Crippen LogP contribution in [0.1, 0.15) is 24.5 Å². The largest absolute Gasteiger partial charge is 0.481 e. The number of rotatable bonds is 8. The van der Waals surface area contributed by atoms with Crippen molar-refractivity contribution in [2.75, 3.05) is 19.7 Å². The number of carboxylic acids is 1. The van der Waals surface area contributed by atoms with E-state index in [9.17, 15) is 9.59 Å². The molecule has 0 saturated heterocycles. The number of hydrogen-bond donors (Lipinski definition) is 2. The van der Waals surface area contributed by atoms with Crippen LogP contribution in [0.5, 0.6) is 0 Å². The fourth-order valence-electron chi connectivity index (χ4n) is 2.01. The first-order chi connectivity index (χ1) is 9.93. The molecule has 0 saturated carbocycles. The minimum Gasteiger partial charge on any atom is -0.481 e. The Balaban J connectivity index is 2.56. The Morgan fingerprint density at radius 2 is 1.86 bits per heavy atom. The van der Waals surface area contributed by atoms with Gasteiger partial charge < -0.3 is 15.1 Å². The SMILES string of the molecule is Cc1ccc(CCC(=O)N(CCO)CC(C)C(=O)O)cc1. The standard InChI is InChI=1S/C16H23NO4/c1-12-3-5-14(6-4-12)7-8-15(19)17(9-10-18)11-13(2)16(20)21/h3-6,13,18H,7-11H2,1-2H3,(H,20,21). The molecule has 1 aromatic carbocycles.